The number of benzene rings is 1. The minimum atomic E-state index is 0.102. The van der Waals surface area contributed by atoms with Crippen LogP contribution in [0.25, 0.3) is 0 Å². The van der Waals surface area contributed by atoms with Crippen LogP contribution in [-0.2, 0) is 0 Å². The van der Waals surface area contributed by atoms with Crippen molar-refractivity contribution in [2.24, 2.45) is 0 Å². The Morgan fingerprint density at radius 1 is 1.19 bits per heavy atom. The van der Waals surface area contributed by atoms with E-state index in [2.05, 4.69) is 48.4 Å². The molecule has 0 saturated heterocycles. The molecule has 3 rings (SSSR count). The van der Waals surface area contributed by atoms with E-state index in [-0.39, 0.29) is 5.78 Å². The summed E-state index contributed by atoms with van der Waals surface area (Å²) in [5.41, 5.74) is 7.45. The van der Waals surface area contributed by atoms with Crippen LogP contribution >= 0.6 is 0 Å². The number of allylic oxidation sites excluding steroid dienone is 1. The topological polar surface area (TPSA) is 35.6 Å². The van der Waals surface area contributed by atoms with E-state index in [1.54, 1.807) is 6.92 Å². The summed E-state index contributed by atoms with van der Waals surface area (Å²) in [5.74, 6) is 0.703. The van der Waals surface area contributed by atoms with Crippen LogP contribution in [0.3, 0.4) is 0 Å². The Kier molecular flexibility index (Phi) is 5.45. The molecule has 1 fully saturated rings. The molecule has 0 radical (unpaired) electrons. The Morgan fingerprint density at radius 3 is 2.44 bits per heavy atom. The second kappa shape index (κ2) is 7.63. The zero-order valence-electron chi connectivity index (χ0n) is 17.1. The number of anilines is 1. The molecule has 1 saturated carbocycles. The number of hydrogen-bond donors (Lipinski definition) is 1. The number of carbonyl (C=O) groups excluding carboxylic acids is 1. The largest absolute Gasteiger partial charge is 0.381 e. The zero-order chi connectivity index (χ0) is 19.7. The zero-order valence-corrected chi connectivity index (χ0v) is 17.1. The first kappa shape index (κ1) is 19.3. The number of nitrogens with zero attached hydrogens (tertiary/aromatic N) is 2. The van der Waals surface area contributed by atoms with Gasteiger partial charge in [0.1, 0.15) is 0 Å². The molecule has 0 atom stereocenters. The third kappa shape index (κ3) is 4.44. The summed E-state index contributed by atoms with van der Waals surface area (Å²) < 4.78 is 0. The van der Waals surface area contributed by atoms with Crippen LogP contribution < -0.4 is 5.32 Å². The highest BCUT2D eigenvalue weighted by molar-refractivity contribution is 5.95. The summed E-state index contributed by atoms with van der Waals surface area (Å²) >= 11 is 0. The highest BCUT2D eigenvalue weighted by atomic mass is 16.1. The maximum atomic E-state index is 12.0. The van der Waals surface area contributed by atoms with Crippen molar-refractivity contribution in [1.29, 1.82) is 0 Å². The van der Waals surface area contributed by atoms with E-state index in [1.165, 1.54) is 29.7 Å². The highest BCUT2D eigenvalue weighted by Crippen LogP contribution is 2.41. The number of carbonyl (C=O) groups is 1. The van der Waals surface area contributed by atoms with Crippen LogP contribution in [0.1, 0.15) is 54.9 Å². The number of rotatable bonds is 7. The van der Waals surface area contributed by atoms with Crippen molar-refractivity contribution in [1.82, 2.24) is 9.80 Å². The molecule has 0 unspecified atom stereocenters. The van der Waals surface area contributed by atoms with Crippen molar-refractivity contribution in [3.05, 3.63) is 65.1 Å². The fraction of sp³-hybridized carbons (Fsp3) is 0.435. The monoisotopic (exact) mass is 365 g/mol. The molecule has 1 aliphatic heterocycles. The molecule has 27 heavy (non-hydrogen) atoms. The molecule has 1 aliphatic carbocycles. The summed E-state index contributed by atoms with van der Waals surface area (Å²) in [4.78, 5) is 16.4. The van der Waals surface area contributed by atoms with Gasteiger partial charge in [0.25, 0.3) is 0 Å². The molecule has 0 aromatic heterocycles. The Balaban J connectivity index is 1.88. The number of ketones is 1. The van der Waals surface area contributed by atoms with Gasteiger partial charge in [-0.25, -0.2) is 0 Å². The number of hydrogen-bond acceptors (Lipinski definition) is 4. The van der Waals surface area contributed by atoms with Crippen LogP contribution in [0.5, 0.6) is 0 Å². The third-order valence-corrected chi connectivity index (χ3v) is 5.47. The second-order valence-electron chi connectivity index (χ2n) is 8.00. The fourth-order valence-corrected chi connectivity index (χ4v) is 3.67. The van der Waals surface area contributed by atoms with Crippen LogP contribution in [0.2, 0.25) is 0 Å². The van der Waals surface area contributed by atoms with Crippen molar-refractivity contribution in [3.63, 3.8) is 0 Å². The van der Waals surface area contributed by atoms with Crippen LogP contribution in [0, 0.1) is 0 Å². The molecule has 0 spiro atoms. The van der Waals surface area contributed by atoms with Gasteiger partial charge in [-0.05, 0) is 56.4 Å². The van der Waals surface area contributed by atoms with Crippen LogP contribution in [0.4, 0.5) is 5.69 Å². The van der Waals surface area contributed by atoms with E-state index in [0.29, 0.717) is 5.92 Å². The van der Waals surface area contributed by atoms with Gasteiger partial charge in [0, 0.05) is 67.5 Å². The molecule has 144 valence electrons. The first-order valence-corrected chi connectivity index (χ1v) is 9.68. The smallest absolute Gasteiger partial charge is 0.159 e. The Bertz CT molecular complexity index is 815. The normalized spacial score (nSPS) is 17.0. The van der Waals surface area contributed by atoms with E-state index >= 15 is 0 Å². The molecular formula is C23H31N3O. The minimum absolute atomic E-state index is 0.102. The average Bonchev–Trinajstić information content (AvgIpc) is 3.45. The van der Waals surface area contributed by atoms with Crippen LogP contribution in [-0.4, -0.2) is 42.8 Å². The predicted octanol–water partition coefficient (Wildman–Crippen LogP) is 4.75. The first-order valence-electron chi connectivity index (χ1n) is 9.68. The van der Waals surface area contributed by atoms with Gasteiger partial charge in [-0.15, -0.1) is 0 Å². The van der Waals surface area contributed by atoms with Gasteiger partial charge in [0.15, 0.2) is 5.78 Å². The molecule has 2 aliphatic rings. The molecular weight excluding hydrogens is 334 g/mol. The lowest BCUT2D eigenvalue weighted by molar-refractivity contribution is 0.101. The fourth-order valence-electron chi connectivity index (χ4n) is 3.67. The van der Waals surface area contributed by atoms with Gasteiger partial charge in [0.05, 0.1) is 0 Å². The van der Waals surface area contributed by atoms with E-state index in [1.807, 2.05) is 19.1 Å². The van der Waals surface area contributed by atoms with Gasteiger partial charge in [-0.2, -0.15) is 0 Å². The minimum Gasteiger partial charge on any atom is -0.381 e. The molecule has 1 heterocycles. The van der Waals surface area contributed by atoms with Gasteiger partial charge >= 0.3 is 0 Å². The molecule has 4 nitrogen and oxygen atoms in total. The predicted molar refractivity (Wildman–Crippen MR) is 113 cm³/mol. The van der Waals surface area contributed by atoms with Crippen molar-refractivity contribution in [2.75, 3.05) is 32.5 Å². The van der Waals surface area contributed by atoms with E-state index < -0.39 is 0 Å². The average molecular weight is 366 g/mol. The molecule has 0 bridgehead atoms. The van der Waals surface area contributed by atoms with Gasteiger partial charge in [-0.1, -0.05) is 13.2 Å². The van der Waals surface area contributed by atoms with E-state index in [4.69, 9.17) is 0 Å². The Labute approximate surface area is 163 Å². The van der Waals surface area contributed by atoms with Crippen molar-refractivity contribution in [2.45, 2.75) is 39.0 Å². The lowest BCUT2D eigenvalue weighted by atomic mass is 10.0. The number of Topliss-reactive ketones (excluding diaryl/α,β-unsaturated/α-hetero) is 1. The first-order chi connectivity index (χ1) is 12.8. The molecule has 1 aromatic carbocycles. The molecule has 4 heteroatoms. The molecule has 1 N–H and O–H groups in total. The maximum absolute atomic E-state index is 12.0. The summed E-state index contributed by atoms with van der Waals surface area (Å²) in [6.07, 6.45) is 3.40. The van der Waals surface area contributed by atoms with Crippen molar-refractivity contribution in [3.8, 4) is 0 Å². The van der Waals surface area contributed by atoms with E-state index in [9.17, 15) is 4.79 Å². The Morgan fingerprint density at radius 2 is 1.89 bits per heavy atom. The summed E-state index contributed by atoms with van der Waals surface area (Å²) in [6, 6.07) is 6.15. The maximum Gasteiger partial charge on any atom is 0.159 e. The second-order valence-corrected chi connectivity index (χ2v) is 8.00. The summed E-state index contributed by atoms with van der Waals surface area (Å²) in [7, 11) is 4.17. The summed E-state index contributed by atoms with van der Waals surface area (Å²) in [6.45, 7) is 13.9. The van der Waals surface area contributed by atoms with Gasteiger partial charge in [-0.3, -0.25) is 4.79 Å². The third-order valence-electron chi connectivity index (χ3n) is 5.47. The lowest BCUT2D eigenvalue weighted by Crippen LogP contribution is -2.34. The standard InChI is InChI=1S/C23H31N3O/c1-15(2)26-10-9-23(25(5)6)22(14-26)16(3)24-21-12-19(17(4)27)11-20(13-21)18-7-8-18/h11-13,18,24H,1,3,7-10,14H2,2,4-6H3. The summed E-state index contributed by atoms with van der Waals surface area (Å²) in [5, 5.41) is 3.49. The Hall–Kier alpha value is -2.49. The quantitative estimate of drug-likeness (QED) is 0.708. The SMILES string of the molecule is C=C(Nc1cc(C(C)=O)cc(C2CC2)c1)C1=C(N(C)C)CCN(C(=C)C)C1. The lowest BCUT2D eigenvalue weighted by Gasteiger charge is -2.36. The molecule has 1 aromatic rings. The van der Waals surface area contributed by atoms with Gasteiger partial charge in [0.2, 0.25) is 0 Å². The molecule has 0 amide bonds. The highest BCUT2D eigenvalue weighted by Gasteiger charge is 2.25. The van der Waals surface area contributed by atoms with E-state index in [0.717, 1.165) is 42.2 Å². The van der Waals surface area contributed by atoms with Crippen molar-refractivity contribution < 1.29 is 4.79 Å². The van der Waals surface area contributed by atoms with Crippen LogP contribution in [0.15, 0.2) is 54.0 Å². The van der Waals surface area contributed by atoms with Crippen molar-refractivity contribution >= 4 is 11.5 Å². The number of nitrogens with one attached hydrogen (secondary N) is 1. The van der Waals surface area contributed by atoms with Gasteiger partial charge < -0.3 is 15.1 Å².